The lowest BCUT2D eigenvalue weighted by atomic mass is 9.99. The highest BCUT2D eigenvalue weighted by Gasteiger charge is 2.23. The van der Waals surface area contributed by atoms with Crippen molar-refractivity contribution in [3.05, 3.63) is 18.2 Å². The van der Waals surface area contributed by atoms with E-state index in [0.717, 1.165) is 38.3 Å². The van der Waals surface area contributed by atoms with Crippen LogP contribution in [0, 0.1) is 5.92 Å². The van der Waals surface area contributed by atoms with Crippen molar-refractivity contribution >= 4 is 9.84 Å². The number of nitrogens with zero attached hydrogens (tertiary/aromatic N) is 3. The molecule has 0 radical (unpaired) electrons. The molecule has 2 rings (SSSR count). The predicted molar refractivity (Wildman–Crippen MR) is 80.3 cm³/mol. The van der Waals surface area contributed by atoms with E-state index in [1.54, 1.807) is 0 Å². The standard InChI is InChI=1S/C14H25N3O2S/c1-12(2)17-9-6-15-14(17)10-16-7-4-13(5-8-16)11-20(3,18)19/h6,9,12-13H,4-5,7-8,10-11H2,1-3H3. The Kier molecular flexibility index (Phi) is 4.86. The van der Waals surface area contributed by atoms with Crippen LogP contribution in [0.25, 0.3) is 0 Å². The van der Waals surface area contributed by atoms with Crippen molar-refractivity contribution in [3.63, 3.8) is 0 Å². The van der Waals surface area contributed by atoms with Crippen molar-refractivity contribution < 1.29 is 8.42 Å². The first-order valence-corrected chi connectivity index (χ1v) is 9.33. The third kappa shape index (κ3) is 4.31. The Labute approximate surface area is 121 Å². The van der Waals surface area contributed by atoms with Crippen LogP contribution in [-0.2, 0) is 16.4 Å². The van der Waals surface area contributed by atoms with Gasteiger partial charge in [-0.25, -0.2) is 13.4 Å². The average molecular weight is 299 g/mol. The van der Waals surface area contributed by atoms with E-state index in [0.29, 0.717) is 17.7 Å². The van der Waals surface area contributed by atoms with Crippen LogP contribution in [0.2, 0.25) is 0 Å². The van der Waals surface area contributed by atoms with Crippen molar-refractivity contribution in [2.24, 2.45) is 5.92 Å². The van der Waals surface area contributed by atoms with Crippen LogP contribution < -0.4 is 0 Å². The Bertz CT molecular complexity index is 528. The van der Waals surface area contributed by atoms with Crippen LogP contribution >= 0.6 is 0 Å². The lowest BCUT2D eigenvalue weighted by Crippen LogP contribution is -2.36. The molecule has 2 heterocycles. The van der Waals surface area contributed by atoms with Crippen LogP contribution in [0.5, 0.6) is 0 Å². The topological polar surface area (TPSA) is 55.2 Å². The van der Waals surface area contributed by atoms with Gasteiger partial charge in [0.2, 0.25) is 0 Å². The Morgan fingerprint density at radius 3 is 2.55 bits per heavy atom. The molecule has 0 bridgehead atoms. The fourth-order valence-electron chi connectivity index (χ4n) is 2.88. The molecule has 1 aliphatic rings. The van der Waals surface area contributed by atoms with Crippen LogP contribution in [0.3, 0.4) is 0 Å². The smallest absolute Gasteiger partial charge is 0.147 e. The summed E-state index contributed by atoms with van der Waals surface area (Å²) in [4.78, 5) is 6.81. The van der Waals surface area contributed by atoms with Gasteiger partial charge in [-0.05, 0) is 45.7 Å². The second-order valence-corrected chi connectivity index (χ2v) is 8.34. The van der Waals surface area contributed by atoms with Gasteiger partial charge in [-0.1, -0.05) is 0 Å². The van der Waals surface area contributed by atoms with Crippen molar-refractivity contribution in [1.82, 2.24) is 14.5 Å². The summed E-state index contributed by atoms with van der Waals surface area (Å²) < 4.78 is 24.9. The predicted octanol–water partition coefficient (Wildman–Crippen LogP) is 1.72. The first-order chi connectivity index (χ1) is 9.35. The van der Waals surface area contributed by atoms with Gasteiger partial charge in [-0.15, -0.1) is 0 Å². The van der Waals surface area contributed by atoms with Gasteiger partial charge in [0.15, 0.2) is 0 Å². The molecule has 1 aromatic rings. The lowest BCUT2D eigenvalue weighted by molar-refractivity contribution is 0.179. The summed E-state index contributed by atoms with van der Waals surface area (Å²) >= 11 is 0. The zero-order valence-corrected chi connectivity index (χ0v) is 13.4. The molecule has 114 valence electrons. The average Bonchev–Trinajstić information content (AvgIpc) is 2.78. The summed E-state index contributed by atoms with van der Waals surface area (Å²) in [5.74, 6) is 1.76. The van der Waals surface area contributed by atoms with Gasteiger partial charge >= 0.3 is 0 Å². The first kappa shape index (κ1) is 15.5. The summed E-state index contributed by atoms with van der Waals surface area (Å²) in [6.45, 7) is 7.10. The lowest BCUT2D eigenvalue weighted by Gasteiger charge is -2.31. The minimum absolute atomic E-state index is 0.325. The van der Waals surface area contributed by atoms with Gasteiger partial charge in [0, 0.05) is 24.7 Å². The molecule has 0 saturated carbocycles. The van der Waals surface area contributed by atoms with Gasteiger partial charge < -0.3 is 4.57 Å². The molecular formula is C14H25N3O2S. The second kappa shape index (κ2) is 6.26. The van der Waals surface area contributed by atoms with E-state index in [2.05, 4.69) is 28.3 Å². The molecular weight excluding hydrogens is 274 g/mol. The third-order valence-electron chi connectivity index (χ3n) is 3.92. The minimum Gasteiger partial charge on any atom is -0.331 e. The number of likely N-dealkylation sites (tertiary alicyclic amines) is 1. The van der Waals surface area contributed by atoms with Gasteiger partial charge in [0.05, 0.1) is 12.3 Å². The van der Waals surface area contributed by atoms with Gasteiger partial charge in [0.25, 0.3) is 0 Å². The molecule has 0 spiro atoms. The SMILES string of the molecule is CC(C)n1ccnc1CN1CCC(CS(C)(=O)=O)CC1. The molecule has 1 aromatic heterocycles. The van der Waals surface area contributed by atoms with E-state index in [1.165, 1.54) is 6.26 Å². The quantitative estimate of drug-likeness (QED) is 0.831. The summed E-state index contributed by atoms with van der Waals surface area (Å²) in [5, 5.41) is 0. The minimum atomic E-state index is -2.84. The Morgan fingerprint density at radius 2 is 2.00 bits per heavy atom. The van der Waals surface area contributed by atoms with Crippen LogP contribution in [0.4, 0.5) is 0 Å². The molecule has 5 nitrogen and oxygen atoms in total. The maximum atomic E-state index is 11.3. The van der Waals surface area contributed by atoms with E-state index < -0.39 is 9.84 Å². The number of piperidine rings is 1. The van der Waals surface area contributed by atoms with Gasteiger partial charge in [0.1, 0.15) is 15.7 Å². The van der Waals surface area contributed by atoms with Crippen molar-refractivity contribution in [1.29, 1.82) is 0 Å². The van der Waals surface area contributed by atoms with E-state index in [-0.39, 0.29) is 0 Å². The largest absolute Gasteiger partial charge is 0.331 e. The summed E-state index contributed by atoms with van der Waals surface area (Å²) in [7, 11) is -2.84. The second-order valence-electron chi connectivity index (χ2n) is 6.16. The highest BCUT2D eigenvalue weighted by Crippen LogP contribution is 2.20. The van der Waals surface area contributed by atoms with Gasteiger partial charge in [-0.2, -0.15) is 0 Å². The molecule has 0 amide bonds. The molecule has 1 fully saturated rings. The Balaban J connectivity index is 1.87. The van der Waals surface area contributed by atoms with Crippen molar-refractivity contribution in [2.75, 3.05) is 25.1 Å². The van der Waals surface area contributed by atoms with Crippen molar-refractivity contribution in [3.8, 4) is 0 Å². The van der Waals surface area contributed by atoms with E-state index in [9.17, 15) is 8.42 Å². The van der Waals surface area contributed by atoms with Crippen LogP contribution in [0.1, 0.15) is 38.6 Å². The molecule has 0 aliphatic carbocycles. The molecule has 0 atom stereocenters. The van der Waals surface area contributed by atoms with E-state index >= 15 is 0 Å². The molecule has 0 aromatic carbocycles. The highest BCUT2D eigenvalue weighted by molar-refractivity contribution is 7.90. The van der Waals surface area contributed by atoms with E-state index in [1.807, 2.05) is 12.4 Å². The van der Waals surface area contributed by atoms with Gasteiger partial charge in [-0.3, -0.25) is 4.90 Å². The normalized spacial score (nSPS) is 18.8. The summed E-state index contributed by atoms with van der Waals surface area (Å²) in [6, 6.07) is 0.426. The number of imidazole rings is 1. The monoisotopic (exact) mass is 299 g/mol. The summed E-state index contributed by atoms with van der Waals surface area (Å²) in [5.41, 5.74) is 0. The van der Waals surface area contributed by atoms with Crippen molar-refractivity contribution in [2.45, 2.75) is 39.3 Å². The molecule has 20 heavy (non-hydrogen) atoms. The fourth-order valence-corrected chi connectivity index (χ4v) is 4.07. The summed E-state index contributed by atoms with van der Waals surface area (Å²) in [6.07, 6.45) is 7.14. The zero-order chi connectivity index (χ0) is 14.8. The number of rotatable bonds is 5. The molecule has 0 N–H and O–H groups in total. The molecule has 0 unspecified atom stereocenters. The van der Waals surface area contributed by atoms with E-state index in [4.69, 9.17) is 0 Å². The number of aromatic nitrogens is 2. The first-order valence-electron chi connectivity index (χ1n) is 7.27. The fraction of sp³-hybridized carbons (Fsp3) is 0.786. The number of hydrogen-bond acceptors (Lipinski definition) is 4. The third-order valence-corrected chi connectivity index (χ3v) is 4.99. The Hall–Kier alpha value is -0.880. The zero-order valence-electron chi connectivity index (χ0n) is 12.6. The maximum absolute atomic E-state index is 11.3. The molecule has 1 saturated heterocycles. The Morgan fingerprint density at radius 1 is 1.35 bits per heavy atom. The number of sulfone groups is 1. The number of hydrogen-bond donors (Lipinski definition) is 0. The highest BCUT2D eigenvalue weighted by atomic mass is 32.2. The molecule has 6 heteroatoms. The molecule has 1 aliphatic heterocycles. The maximum Gasteiger partial charge on any atom is 0.147 e. The van der Waals surface area contributed by atoms with Crippen LogP contribution in [0.15, 0.2) is 12.4 Å². The van der Waals surface area contributed by atoms with Crippen LogP contribution in [-0.4, -0.2) is 48.0 Å².